The van der Waals surface area contributed by atoms with Gasteiger partial charge in [-0.2, -0.15) is 0 Å². The maximum absolute atomic E-state index is 10.3. The van der Waals surface area contributed by atoms with E-state index in [2.05, 4.69) is 0 Å². The van der Waals surface area contributed by atoms with Crippen LogP contribution in [0.25, 0.3) is 0 Å². The second kappa shape index (κ2) is 6.58. The Morgan fingerprint density at radius 3 is 0.944 bits per heavy atom. The highest BCUT2D eigenvalue weighted by atomic mass is 16.4. The van der Waals surface area contributed by atoms with Crippen molar-refractivity contribution in [3.63, 3.8) is 0 Å². The van der Waals surface area contributed by atoms with Crippen LogP contribution in [0.2, 0.25) is 0 Å². The summed E-state index contributed by atoms with van der Waals surface area (Å²) in [5.41, 5.74) is 0. The minimum atomic E-state index is -2.45. The van der Waals surface area contributed by atoms with Crippen LogP contribution in [0.4, 0.5) is 0 Å². The highest BCUT2D eigenvalue weighted by Gasteiger charge is 2.40. The van der Waals surface area contributed by atoms with Crippen LogP contribution in [-0.2, 0) is 9.59 Å². The lowest BCUT2D eigenvalue weighted by Crippen LogP contribution is -2.54. The molecule has 0 aromatic rings. The van der Waals surface area contributed by atoms with Crippen molar-refractivity contribution in [3.8, 4) is 0 Å². The first-order valence-electron chi connectivity index (χ1n) is 4.65. The standard InChI is InChI=1S/C8H14O10/c9-1(3(11)5(13)7(15)16)2(10)4(12)6(14)8(17)18/h1-6,9-14H,(H,15,16)(H,17,18). The maximum atomic E-state index is 10.3. The van der Waals surface area contributed by atoms with Crippen molar-refractivity contribution >= 4 is 11.9 Å². The Morgan fingerprint density at radius 1 is 0.556 bits per heavy atom. The number of carboxylic acids is 2. The lowest BCUT2D eigenvalue weighted by atomic mass is 9.96. The molecule has 0 heterocycles. The van der Waals surface area contributed by atoms with E-state index in [4.69, 9.17) is 30.6 Å². The predicted octanol–water partition coefficient (Wildman–Crippen LogP) is -4.68. The minimum Gasteiger partial charge on any atom is -0.479 e. The Balaban J connectivity index is 4.72. The van der Waals surface area contributed by atoms with Gasteiger partial charge in [-0.3, -0.25) is 0 Å². The summed E-state index contributed by atoms with van der Waals surface area (Å²) in [4.78, 5) is 20.5. The zero-order valence-corrected chi connectivity index (χ0v) is 8.86. The van der Waals surface area contributed by atoms with Crippen molar-refractivity contribution in [2.75, 3.05) is 0 Å². The zero-order valence-electron chi connectivity index (χ0n) is 8.86. The van der Waals surface area contributed by atoms with Crippen molar-refractivity contribution in [1.82, 2.24) is 0 Å². The minimum absolute atomic E-state index is 1.90. The fourth-order valence-electron chi connectivity index (χ4n) is 1.07. The van der Waals surface area contributed by atoms with E-state index < -0.39 is 48.6 Å². The summed E-state index contributed by atoms with van der Waals surface area (Å²) < 4.78 is 0. The molecule has 18 heavy (non-hydrogen) atoms. The summed E-state index contributed by atoms with van der Waals surface area (Å²) in [5, 5.41) is 71.0. The summed E-state index contributed by atoms with van der Waals surface area (Å²) >= 11 is 0. The molecule has 0 aliphatic rings. The lowest BCUT2D eigenvalue weighted by Gasteiger charge is -2.28. The first-order chi connectivity index (χ1) is 8.11. The molecule has 0 aromatic carbocycles. The molecule has 0 amide bonds. The second-order valence-electron chi connectivity index (χ2n) is 3.53. The summed E-state index contributed by atoms with van der Waals surface area (Å²) in [7, 11) is 0. The van der Waals surface area contributed by atoms with Crippen molar-refractivity contribution in [2.24, 2.45) is 0 Å². The van der Waals surface area contributed by atoms with Crippen LogP contribution < -0.4 is 0 Å². The van der Waals surface area contributed by atoms with E-state index in [1.54, 1.807) is 0 Å². The molecule has 0 aromatic heterocycles. The third-order valence-corrected chi connectivity index (χ3v) is 2.20. The van der Waals surface area contributed by atoms with E-state index in [1.165, 1.54) is 0 Å². The van der Waals surface area contributed by atoms with E-state index in [-0.39, 0.29) is 0 Å². The molecule has 6 atom stereocenters. The molecule has 8 N–H and O–H groups in total. The van der Waals surface area contributed by atoms with Crippen LogP contribution >= 0.6 is 0 Å². The van der Waals surface area contributed by atoms with Gasteiger partial charge in [-0.1, -0.05) is 0 Å². The molecule has 0 aliphatic heterocycles. The summed E-state index contributed by atoms with van der Waals surface area (Å²) in [5.74, 6) is -3.80. The maximum Gasteiger partial charge on any atom is 0.335 e. The Morgan fingerprint density at radius 2 is 0.778 bits per heavy atom. The van der Waals surface area contributed by atoms with E-state index in [1.807, 2.05) is 0 Å². The van der Waals surface area contributed by atoms with Gasteiger partial charge in [-0.05, 0) is 0 Å². The fraction of sp³-hybridized carbons (Fsp3) is 0.750. The van der Waals surface area contributed by atoms with Crippen LogP contribution in [0.15, 0.2) is 0 Å². The van der Waals surface area contributed by atoms with Gasteiger partial charge in [0.15, 0.2) is 12.2 Å². The summed E-state index contributed by atoms with van der Waals surface area (Å²) in [6.07, 6.45) is -14.4. The van der Waals surface area contributed by atoms with Gasteiger partial charge in [-0.15, -0.1) is 0 Å². The normalized spacial score (nSPS) is 21.4. The third kappa shape index (κ3) is 3.87. The van der Waals surface area contributed by atoms with E-state index in [0.29, 0.717) is 0 Å². The van der Waals surface area contributed by atoms with Crippen LogP contribution in [0.3, 0.4) is 0 Å². The van der Waals surface area contributed by atoms with Gasteiger partial charge in [0.2, 0.25) is 0 Å². The molecule has 0 spiro atoms. The molecule has 6 unspecified atom stereocenters. The number of hydrogen-bond donors (Lipinski definition) is 8. The molecule has 10 heteroatoms. The Bertz CT molecular complexity index is 274. The highest BCUT2D eigenvalue weighted by Crippen LogP contribution is 2.11. The Hall–Kier alpha value is -1.30. The summed E-state index contributed by atoms with van der Waals surface area (Å²) in [6.45, 7) is 0. The molecule has 0 aliphatic carbocycles. The molecule has 0 saturated heterocycles. The number of carbonyl (C=O) groups is 2. The molecule has 0 saturated carbocycles. The topological polar surface area (TPSA) is 196 Å². The molecule has 0 bridgehead atoms. The van der Waals surface area contributed by atoms with Gasteiger partial charge >= 0.3 is 11.9 Å². The van der Waals surface area contributed by atoms with E-state index in [9.17, 15) is 19.8 Å². The van der Waals surface area contributed by atoms with Crippen LogP contribution in [0, 0.1) is 0 Å². The average Bonchev–Trinajstić information content (AvgIpc) is 2.32. The molecule has 106 valence electrons. The van der Waals surface area contributed by atoms with Gasteiger partial charge in [0.1, 0.15) is 24.4 Å². The van der Waals surface area contributed by atoms with Crippen molar-refractivity contribution in [1.29, 1.82) is 0 Å². The number of aliphatic hydroxyl groups is 6. The van der Waals surface area contributed by atoms with E-state index in [0.717, 1.165) is 0 Å². The van der Waals surface area contributed by atoms with Crippen molar-refractivity contribution in [3.05, 3.63) is 0 Å². The fourth-order valence-corrected chi connectivity index (χ4v) is 1.07. The number of aliphatic carboxylic acids is 2. The number of aliphatic hydroxyl groups excluding tert-OH is 6. The molecule has 0 radical (unpaired) electrons. The first kappa shape index (κ1) is 16.7. The van der Waals surface area contributed by atoms with Crippen molar-refractivity contribution < 1.29 is 50.4 Å². The SMILES string of the molecule is O=C(O)C(O)C(O)C(O)C(O)C(O)C(O)C(=O)O. The zero-order chi connectivity index (χ0) is 14.6. The predicted molar refractivity (Wildman–Crippen MR) is 51.3 cm³/mol. The van der Waals surface area contributed by atoms with Gasteiger partial charge in [0.05, 0.1) is 0 Å². The average molecular weight is 270 g/mol. The molecular weight excluding hydrogens is 256 g/mol. The Labute approximate surface area is 100.0 Å². The second-order valence-corrected chi connectivity index (χ2v) is 3.53. The van der Waals surface area contributed by atoms with Gasteiger partial charge in [-0.25, -0.2) is 9.59 Å². The van der Waals surface area contributed by atoms with Gasteiger partial charge in [0.25, 0.3) is 0 Å². The smallest absolute Gasteiger partial charge is 0.335 e. The largest absolute Gasteiger partial charge is 0.479 e. The number of rotatable bonds is 7. The van der Waals surface area contributed by atoms with Gasteiger partial charge < -0.3 is 40.9 Å². The molecule has 0 fully saturated rings. The van der Waals surface area contributed by atoms with E-state index >= 15 is 0 Å². The number of carboxylic acid groups (broad SMARTS) is 2. The quantitative estimate of drug-likeness (QED) is 0.222. The third-order valence-electron chi connectivity index (χ3n) is 2.20. The molecule has 0 rings (SSSR count). The summed E-state index contributed by atoms with van der Waals surface area (Å²) in [6, 6.07) is 0. The van der Waals surface area contributed by atoms with Crippen LogP contribution in [-0.4, -0.2) is 89.4 Å². The molecule has 10 nitrogen and oxygen atoms in total. The molecular formula is C8H14O10. The Kier molecular flexibility index (Phi) is 6.11. The first-order valence-corrected chi connectivity index (χ1v) is 4.65. The van der Waals surface area contributed by atoms with Crippen LogP contribution in [0.5, 0.6) is 0 Å². The lowest BCUT2D eigenvalue weighted by molar-refractivity contribution is -0.180. The highest BCUT2D eigenvalue weighted by molar-refractivity contribution is 5.73. The van der Waals surface area contributed by atoms with Gasteiger partial charge in [0, 0.05) is 0 Å². The number of hydrogen-bond acceptors (Lipinski definition) is 8. The van der Waals surface area contributed by atoms with Crippen LogP contribution in [0.1, 0.15) is 0 Å². The monoisotopic (exact) mass is 270 g/mol. The van der Waals surface area contributed by atoms with Crippen molar-refractivity contribution in [2.45, 2.75) is 36.6 Å².